The van der Waals surface area contributed by atoms with E-state index in [0.29, 0.717) is 6.04 Å². The van der Waals surface area contributed by atoms with Crippen molar-refractivity contribution in [2.75, 3.05) is 0 Å². The molecule has 1 N–H and O–H groups in total. The third-order valence-electron chi connectivity index (χ3n) is 4.73. The highest BCUT2D eigenvalue weighted by Crippen LogP contribution is 2.33. The van der Waals surface area contributed by atoms with Gasteiger partial charge in [0, 0.05) is 11.6 Å². The molecular formula is C17H19N3O2. The zero-order valence-corrected chi connectivity index (χ0v) is 12.8. The Morgan fingerprint density at radius 2 is 2.05 bits per heavy atom. The van der Waals surface area contributed by atoms with E-state index in [1.165, 1.54) is 12.8 Å². The van der Waals surface area contributed by atoms with E-state index in [-0.39, 0.29) is 5.69 Å². The normalized spacial score (nSPS) is 15.9. The summed E-state index contributed by atoms with van der Waals surface area (Å²) >= 11 is 0. The van der Waals surface area contributed by atoms with Crippen LogP contribution in [0.4, 0.5) is 0 Å². The SMILES string of the molecule is Cc1noc(C)c1-c1ccc2[nH]c(=O)n(C3CCCC3)c2c1. The van der Waals surface area contributed by atoms with Gasteiger partial charge in [-0.2, -0.15) is 0 Å². The molecule has 1 aliphatic rings. The fourth-order valence-corrected chi connectivity index (χ4v) is 3.70. The first-order chi connectivity index (χ1) is 10.6. The fourth-order valence-electron chi connectivity index (χ4n) is 3.70. The summed E-state index contributed by atoms with van der Waals surface area (Å²) in [6.07, 6.45) is 4.57. The zero-order valence-electron chi connectivity index (χ0n) is 12.8. The topological polar surface area (TPSA) is 63.8 Å². The number of aromatic amines is 1. The fraction of sp³-hybridized carbons (Fsp3) is 0.412. The van der Waals surface area contributed by atoms with Gasteiger partial charge in [-0.1, -0.05) is 24.1 Å². The maximum atomic E-state index is 12.3. The molecule has 0 spiro atoms. The van der Waals surface area contributed by atoms with Crippen LogP contribution >= 0.6 is 0 Å². The number of H-pyrrole nitrogens is 1. The first kappa shape index (κ1) is 13.4. The van der Waals surface area contributed by atoms with Crippen molar-refractivity contribution in [3.05, 3.63) is 40.1 Å². The lowest BCUT2D eigenvalue weighted by Crippen LogP contribution is -2.20. The molecule has 2 aromatic heterocycles. The van der Waals surface area contributed by atoms with E-state index in [2.05, 4.69) is 16.2 Å². The summed E-state index contributed by atoms with van der Waals surface area (Å²) in [5.41, 5.74) is 4.82. The van der Waals surface area contributed by atoms with Crippen LogP contribution in [0.15, 0.2) is 27.5 Å². The Hall–Kier alpha value is -2.30. The van der Waals surface area contributed by atoms with Gasteiger partial charge in [0.05, 0.1) is 16.7 Å². The van der Waals surface area contributed by atoms with Gasteiger partial charge in [0.2, 0.25) is 0 Å². The molecule has 0 atom stereocenters. The highest BCUT2D eigenvalue weighted by atomic mass is 16.5. The Morgan fingerprint density at radius 1 is 1.27 bits per heavy atom. The van der Waals surface area contributed by atoms with Gasteiger partial charge in [0.25, 0.3) is 0 Å². The van der Waals surface area contributed by atoms with Crippen LogP contribution in [-0.4, -0.2) is 14.7 Å². The minimum atomic E-state index is -0.00203. The zero-order chi connectivity index (χ0) is 15.3. The van der Waals surface area contributed by atoms with Crippen molar-refractivity contribution < 1.29 is 4.52 Å². The number of fused-ring (bicyclic) bond motifs is 1. The van der Waals surface area contributed by atoms with E-state index in [4.69, 9.17) is 4.52 Å². The molecule has 0 bridgehead atoms. The van der Waals surface area contributed by atoms with Gasteiger partial charge in [-0.3, -0.25) is 4.57 Å². The van der Waals surface area contributed by atoms with Crippen molar-refractivity contribution in [2.24, 2.45) is 0 Å². The van der Waals surface area contributed by atoms with E-state index < -0.39 is 0 Å². The maximum absolute atomic E-state index is 12.3. The summed E-state index contributed by atoms with van der Waals surface area (Å²) in [7, 11) is 0. The first-order valence-corrected chi connectivity index (χ1v) is 7.82. The van der Waals surface area contributed by atoms with Gasteiger partial charge in [0.1, 0.15) is 5.76 Å². The molecule has 0 saturated heterocycles. The monoisotopic (exact) mass is 297 g/mol. The minimum Gasteiger partial charge on any atom is -0.361 e. The average molecular weight is 297 g/mol. The van der Waals surface area contributed by atoms with E-state index in [9.17, 15) is 4.79 Å². The molecule has 3 aromatic rings. The molecule has 0 amide bonds. The molecule has 0 aliphatic heterocycles. The van der Waals surface area contributed by atoms with Crippen LogP contribution in [-0.2, 0) is 0 Å². The molecule has 0 radical (unpaired) electrons. The summed E-state index contributed by atoms with van der Waals surface area (Å²) in [4.78, 5) is 15.3. The first-order valence-electron chi connectivity index (χ1n) is 7.82. The van der Waals surface area contributed by atoms with Gasteiger partial charge in [-0.15, -0.1) is 0 Å². The molecule has 1 aromatic carbocycles. The van der Waals surface area contributed by atoms with E-state index in [0.717, 1.165) is 46.5 Å². The second-order valence-corrected chi connectivity index (χ2v) is 6.17. The predicted molar refractivity (Wildman–Crippen MR) is 85.0 cm³/mol. The van der Waals surface area contributed by atoms with Gasteiger partial charge in [-0.25, -0.2) is 4.79 Å². The van der Waals surface area contributed by atoms with Crippen LogP contribution in [0.25, 0.3) is 22.2 Å². The molecule has 0 unspecified atom stereocenters. The Bertz CT molecular complexity index is 875. The number of nitrogens with zero attached hydrogens (tertiary/aromatic N) is 2. The molecule has 5 nitrogen and oxygen atoms in total. The Labute approximate surface area is 127 Å². The van der Waals surface area contributed by atoms with Crippen LogP contribution in [0, 0.1) is 13.8 Å². The van der Waals surface area contributed by atoms with E-state index in [1.54, 1.807) is 0 Å². The molecule has 4 rings (SSSR count). The summed E-state index contributed by atoms with van der Waals surface area (Å²) in [6.45, 7) is 3.86. The lowest BCUT2D eigenvalue weighted by molar-refractivity contribution is 0.393. The number of nitrogens with one attached hydrogen (secondary N) is 1. The van der Waals surface area contributed by atoms with Crippen molar-refractivity contribution in [2.45, 2.75) is 45.6 Å². The third kappa shape index (κ3) is 1.92. The van der Waals surface area contributed by atoms with Crippen molar-refractivity contribution >= 4 is 11.0 Å². The lowest BCUT2D eigenvalue weighted by atomic mass is 10.0. The van der Waals surface area contributed by atoms with Crippen molar-refractivity contribution in [3.63, 3.8) is 0 Å². The number of rotatable bonds is 2. The number of aryl methyl sites for hydroxylation is 2. The van der Waals surface area contributed by atoms with Gasteiger partial charge in [-0.05, 0) is 44.4 Å². The maximum Gasteiger partial charge on any atom is 0.326 e. The minimum absolute atomic E-state index is 0.00203. The van der Waals surface area contributed by atoms with Crippen LogP contribution in [0.1, 0.15) is 43.2 Å². The highest BCUT2D eigenvalue weighted by Gasteiger charge is 2.22. The number of hydrogen-bond acceptors (Lipinski definition) is 3. The van der Waals surface area contributed by atoms with Crippen LogP contribution in [0.5, 0.6) is 0 Å². The van der Waals surface area contributed by atoms with Gasteiger partial charge < -0.3 is 9.51 Å². The van der Waals surface area contributed by atoms with Crippen LogP contribution < -0.4 is 5.69 Å². The second kappa shape index (κ2) is 4.87. The molecular weight excluding hydrogens is 278 g/mol. The van der Waals surface area contributed by atoms with Crippen molar-refractivity contribution in [3.8, 4) is 11.1 Å². The summed E-state index contributed by atoms with van der Waals surface area (Å²) < 4.78 is 7.21. The Morgan fingerprint density at radius 3 is 2.73 bits per heavy atom. The smallest absolute Gasteiger partial charge is 0.326 e. The van der Waals surface area contributed by atoms with E-state index >= 15 is 0 Å². The quantitative estimate of drug-likeness (QED) is 0.784. The number of imidazole rings is 1. The highest BCUT2D eigenvalue weighted by molar-refractivity contribution is 5.83. The van der Waals surface area contributed by atoms with Crippen molar-refractivity contribution in [1.29, 1.82) is 0 Å². The van der Waals surface area contributed by atoms with Gasteiger partial charge >= 0.3 is 5.69 Å². The standard InChI is InChI=1S/C17H19N3O2/c1-10-16(11(2)22-19-10)12-7-8-14-15(9-12)20(17(21)18-14)13-5-3-4-6-13/h7-9,13H,3-6H2,1-2H3,(H,18,21). The Balaban J connectivity index is 1.93. The predicted octanol–water partition coefficient (Wildman–Crippen LogP) is 3.72. The molecule has 1 saturated carbocycles. The summed E-state index contributed by atoms with van der Waals surface area (Å²) in [6, 6.07) is 6.40. The molecule has 1 aliphatic carbocycles. The van der Waals surface area contributed by atoms with Crippen molar-refractivity contribution in [1.82, 2.24) is 14.7 Å². The second-order valence-electron chi connectivity index (χ2n) is 6.17. The van der Waals surface area contributed by atoms with Crippen LogP contribution in [0.2, 0.25) is 0 Å². The number of benzene rings is 1. The molecule has 5 heteroatoms. The molecule has 22 heavy (non-hydrogen) atoms. The molecule has 1 fully saturated rings. The van der Waals surface area contributed by atoms with Crippen LogP contribution in [0.3, 0.4) is 0 Å². The van der Waals surface area contributed by atoms with Gasteiger partial charge in [0.15, 0.2) is 0 Å². The summed E-state index contributed by atoms with van der Waals surface area (Å²) in [5, 5.41) is 4.03. The third-order valence-corrected chi connectivity index (χ3v) is 4.73. The lowest BCUT2D eigenvalue weighted by Gasteiger charge is -2.11. The largest absolute Gasteiger partial charge is 0.361 e. The number of aromatic nitrogens is 3. The summed E-state index contributed by atoms with van der Waals surface area (Å²) in [5.74, 6) is 0.808. The number of hydrogen-bond donors (Lipinski definition) is 1. The van der Waals surface area contributed by atoms with E-state index in [1.807, 2.05) is 30.5 Å². The average Bonchev–Trinajstić information content (AvgIpc) is 3.18. The molecule has 2 heterocycles. The molecule has 114 valence electrons. The Kier molecular flexibility index (Phi) is 2.96.